The Kier molecular flexibility index (Phi) is 10.7. The van der Waals surface area contributed by atoms with Crippen LogP contribution < -0.4 is 16.4 Å². The van der Waals surface area contributed by atoms with Gasteiger partial charge in [0.15, 0.2) is 0 Å². The Morgan fingerprint density at radius 3 is 2.19 bits per heavy atom. The van der Waals surface area contributed by atoms with Gasteiger partial charge in [-0.2, -0.15) is 0 Å². The third-order valence-electron chi connectivity index (χ3n) is 9.79. The zero-order valence-corrected chi connectivity index (χ0v) is 28.8. The number of rotatable bonds is 10. The molecule has 262 valence electrons. The van der Waals surface area contributed by atoms with E-state index in [4.69, 9.17) is 10.5 Å². The van der Waals surface area contributed by atoms with Gasteiger partial charge >= 0.3 is 6.09 Å². The molecule has 3 atom stereocenters. The summed E-state index contributed by atoms with van der Waals surface area (Å²) in [5.74, 6) is -2.87. The molecule has 0 radical (unpaired) electrons. The first-order valence-corrected chi connectivity index (χ1v) is 17.0. The van der Waals surface area contributed by atoms with E-state index >= 15 is 0 Å². The quantitative estimate of drug-likeness (QED) is 0.273. The number of ketones is 1. The number of nitrogens with zero attached hydrogens (tertiary/aromatic N) is 4. The molecule has 1 saturated heterocycles. The predicted octanol–water partition coefficient (Wildman–Crippen LogP) is 2.77. The predicted molar refractivity (Wildman–Crippen MR) is 172 cm³/mol. The lowest BCUT2D eigenvalue weighted by Gasteiger charge is -2.40. The van der Waals surface area contributed by atoms with Gasteiger partial charge in [0.1, 0.15) is 28.3 Å². The van der Waals surface area contributed by atoms with Crippen LogP contribution in [0.15, 0.2) is 6.20 Å². The number of hydrogen-bond acceptors (Lipinski definition) is 9. The van der Waals surface area contributed by atoms with Gasteiger partial charge < -0.3 is 31.1 Å². The zero-order chi connectivity index (χ0) is 34.8. The summed E-state index contributed by atoms with van der Waals surface area (Å²) in [7, 11) is 0. The number of Topliss-reactive ketones (excluding diaryl/α,β-unsaturated/α-hetero) is 1. The maximum atomic E-state index is 14.8. The maximum Gasteiger partial charge on any atom is 0.408 e. The molecule has 1 aromatic rings. The normalized spacial score (nSPS) is 23.4. The van der Waals surface area contributed by atoms with Gasteiger partial charge in [-0.1, -0.05) is 56.6 Å². The van der Waals surface area contributed by atoms with Crippen molar-refractivity contribution in [1.82, 2.24) is 30.5 Å². The van der Waals surface area contributed by atoms with Crippen LogP contribution in [0, 0.1) is 5.92 Å². The Morgan fingerprint density at radius 1 is 1.00 bits per heavy atom. The number of carbonyl (C=O) groups excluding carboxylic acids is 5. The van der Waals surface area contributed by atoms with Crippen LogP contribution >= 0.6 is 0 Å². The van der Waals surface area contributed by atoms with Crippen LogP contribution in [0.25, 0.3) is 0 Å². The number of alkyl carbamates (subject to hydrolysis) is 1. The lowest BCUT2D eigenvalue weighted by molar-refractivity contribution is -0.147. The fraction of sp³-hybridized carbons (Fsp3) is 0.788. The summed E-state index contributed by atoms with van der Waals surface area (Å²) in [4.78, 5) is 68.9. The number of hydrogen-bond donors (Lipinski definition) is 4. The summed E-state index contributed by atoms with van der Waals surface area (Å²) in [5, 5.41) is 24.8. The Labute approximate surface area is 276 Å². The molecule has 1 aromatic heterocycles. The molecule has 3 fully saturated rings. The summed E-state index contributed by atoms with van der Waals surface area (Å²) in [5.41, 5.74) is 0.840. The maximum absolute atomic E-state index is 14.8. The minimum Gasteiger partial charge on any atom is -0.444 e. The summed E-state index contributed by atoms with van der Waals surface area (Å²) >= 11 is 0. The molecule has 4 rings (SSSR count). The van der Waals surface area contributed by atoms with Gasteiger partial charge in [0, 0.05) is 13.0 Å². The SMILES string of the molecule is CC(C)(C)OC(=O)NC(C)(CC1CCCCC1)C(=O)N1C[C@@H](n2nncc2C(C)(C)O)C[C@H]1C(=O)NC1(C(=O)C(N)=O)CCCCC1. The van der Waals surface area contributed by atoms with Crippen molar-refractivity contribution in [2.24, 2.45) is 11.7 Å². The highest BCUT2D eigenvalue weighted by Gasteiger charge is 2.51. The standard InChI is InChI=1S/C33H53N7O7/c1-30(2,3)47-29(45)37-32(6,18-21-13-9-7-10-14-21)28(44)39-20-22(40-24(19-35-38-40)31(4,5)46)17-23(39)27(43)36-33(25(41)26(34)42)15-11-8-12-16-33/h19,21-23,46H,7-18,20H2,1-6H3,(H2,34,42)(H,36,43)(H,37,45)/t22-,23-,32?/m0/s1. The fourth-order valence-corrected chi connectivity index (χ4v) is 7.54. The highest BCUT2D eigenvalue weighted by atomic mass is 16.6. The van der Waals surface area contributed by atoms with Gasteiger partial charge in [-0.3, -0.25) is 19.2 Å². The molecule has 1 aliphatic heterocycles. The lowest BCUT2D eigenvalue weighted by Crippen LogP contribution is -2.64. The van der Waals surface area contributed by atoms with Gasteiger partial charge in [0.25, 0.3) is 5.91 Å². The average Bonchev–Trinajstić information content (AvgIpc) is 3.64. The zero-order valence-electron chi connectivity index (χ0n) is 28.8. The molecule has 2 heterocycles. The van der Waals surface area contributed by atoms with Crippen LogP contribution in [0.4, 0.5) is 4.79 Å². The molecule has 4 amide bonds. The average molecular weight is 660 g/mol. The minimum absolute atomic E-state index is 0.0242. The van der Waals surface area contributed by atoms with Crippen molar-refractivity contribution in [3.05, 3.63) is 11.9 Å². The van der Waals surface area contributed by atoms with Crippen LogP contribution in [0.3, 0.4) is 0 Å². The number of amides is 4. The number of nitrogens with two attached hydrogens (primary N) is 1. The number of ether oxygens (including phenoxy) is 1. The van der Waals surface area contributed by atoms with Crippen molar-refractivity contribution in [1.29, 1.82) is 0 Å². The van der Waals surface area contributed by atoms with E-state index in [2.05, 4.69) is 20.9 Å². The van der Waals surface area contributed by atoms with E-state index in [-0.39, 0.29) is 31.7 Å². The topological polar surface area (TPSA) is 199 Å². The summed E-state index contributed by atoms with van der Waals surface area (Å²) < 4.78 is 7.10. The Bertz CT molecular complexity index is 1340. The van der Waals surface area contributed by atoms with Crippen LogP contribution in [-0.4, -0.2) is 83.9 Å². The molecule has 0 bridgehead atoms. The monoisotopic (exact) mass is 659 g/mol. The van der Waals surface area contributed by atoms with Gasteiger partial charge in [-0.05, 0) is 66.7 Å². The number of likely N-dealkylation sites (tertiary alicyclic amines) is 1. The van der Waals surface area contributed by atoms with Gasteiger partial charge in [-0.25, -0.2) is 9.48 Å². The first kappa shape index (κ1) is 36.3. The van der Waals surface area contributed by atoms with Crippen LogP contribution in [-0.2, 0) is 29.5 Å². The van der Waals surface area contributed by atoms with Crippen LogP contribution in [0.2, 0.25) is 0 Å². The van der Waals surface area contributed by atoms with Crippen LogP contribution in [0.1, 0.15) is 130 Å². The summed E-state index contributed by atoms with van der Waals surface area (Å²) in [6.45, 7) is 10.1. The first-order valence-electron chi connectivity index (χ1n) is 17.0. The molecule has 14 heteroatoms. The first-order chi connectivity index (χ1) is 21.9. The summed E-state index contributed by atoms with van der Waals surface area (Å²) in [6, 6.07) is -1.65. The molecule has 1 unspecified atom stereocenters. The third kappa shape index (κ3) is 8.49. The van der Waals surface area contributed by atoms with E-state index < -0.39 is 64.0 Å². The van der Waals surface area contributed by atoms with E-state index in [0.717, 1.165) is 38.5 Å². The van der Waals surface area contributed by atoms with Crippen molar-refractivity contribution in [2.75, 3.05) is 6.54 Å². The van der Waals surface area contributed by atoms with Gasteiger partial charge in [0.2, 0.25) is 17.6 Å². The molecule has 0 spiro atoms. The van der Waals surface area contributed by atoms with Crippen molar-refractivity contribution in [2.45, 2.75) is 153 Å². The number of nitrogens with one attached hydrogen (secondary N) is 2. The highest BCUT2D eigenvalue weighted by Crippen LogP contribution is 2.37. The molecular formula is C33H53N7O7. The second kappa shape index (κ2) is 13.9. The van der Waals surface area contributed by atoms with E-state index in [0.29, 0.717) is 25.0 Å². The van der Waals surface area contributed by atoms with Crippen molar-refractivity contribution >= 4 is 29.6 Å². The van der Waals surface area contributed by atoms with E-state index in [9.17, 15) is 29.1 Å². The Hall–Kier alpha value is -3.55. The number of primary amides is 1. The third-order valence-corrected chi connectivity index (χ3v) is 9.79. The molecular weight excluding hydrogens is 606 g/mol. The molecule has 2 aliphatic carbocycles. The second-order valence-electron chi connectivity index (χ2n) is 15.5. The van der Waals surface area contributed by atoms with E-state index in [1.165, 1.54) is 15.8 Å². The second-order valence-corrected chi connectivity index (χ2v) is 15.5. The smallest absolute Gasteiger partial charge is 0.408 e. The largest absolute Gasteiger partial charge is 0.444 e. The Morgan fingerprint density at radius 2 is 1.62 bits per heavy atom. The molecule has 3 aliphatic rings. The fourth-order valence-electron chi connectivity index (χ4n) is 7.54. The lowest BCUT2D eigenvalue weighted by atomic mass is 9.78. The summed E-state index contributed by atoms with van der Waals surface area (Å²) in [6.07, 6.45) is 8.77. The van der Waals surface area contributed by atoms with E-state index in [1.54, 1.807) is 41.5 Å². The molecule has 0 aromatic carbocycles. The van der Waals surface area contributed by atoms with Crippen molar-refractivity contribution in [3.63, 3.8) is 0 Å². The van der Waals surface area contributed by atoms with E-state index in [1.807, 2.05) is 0 Å². The molecule has 47 heavy (non-hydrogen) atoms. The van der Waals surface area contributed by atoms with Crippen molar-refractivity contribution in [3.8, 4) is 0 Å². The molecule has 2 saturated carbocycles. The van der Waals surface area contributed by atoms with Gasteiger partial charge in [0.05, 0.1) is 17.9 Å². The highest BCUT2D eigenvalue weighted by molar-refractivity contribution is 6.39. The number of aliphatic hydroxyl groups is 1. The molecule has 5 N–H and O–H groups in total. The van der Waals surface area contributed by atoms with Gasteiger partial charge in [-0.15, -0.1) is 5.10 Å². The Balaban J connectivity index is 1.72. The number of aromatic nitrogens is 3. The number of carbonyl (C=O) groups is 5. The van der Waals surface area contributed by atoms with Crippen LogP contribution in [0.5, 0.6) is 0 Å². The molecule has 14 nitrogen and oxygen atoms in total. The van der Waals surface area contributed by atoms with Crippen molar-refractivity contribution < 1.29 is 33.8 Å². The minimum atomic E-state index is -1.46.